The van der Waals surface area contributed by atoms with Gasteiger partial charge < -0.3 is 11.1 Å². The molecule has 1 saturated carbocycles. The minimum absolute atomic E-state index is 0.0248. The first kappa shape index (κ1) is 14.1. The topological polar surface area (TPSA) is 55.1 Å². The Morgan fingerprint density at radius 3 is 2.58 bits per heavy atom. The van der Waals surface area contributed by atoms with Crippen molar-refractivity contribution in [3.8, 4) is 0 Å². The van der Waals surface area contributed by atoms with Crippen molar-refractivity contribution >= 4 is 5.91 Å². The van der Waals surface area contributed by atoms with Gasteiger partial charge in [0.15, 0.2) is 0 Å². The van der Waals surface area contributed by atoms with Crippen molar-refractivity contribution in [2.24, 2.45) is 11.7 Å². The fraction of sp³-hybridized carbons (Fsp3) is 0.562. The van der Waals surface area contributed by atoms with Gasteiger partial charge in [-0.15, -0.1) is 0 Å². The summed E-state index contributed by atoms with van der Waals surface area (Å²) in [5.41, 5.74) is 7.09. The van der Waals surface area contributed by atoms with E-state index >= 15 is 0 Å². The Balaban J connectivity index is 1.82. The molecule has 2 rings (SSSR count). The second kappa shape index (κ2) is 6.71. The molecule has 0 bridgehead atoms. The summed E-state index contributed by atoms with van der Waals surface area (Å²) in [4.78, 5) is 12.1. The van der Waals surface area contributed by atoms with Crippen molar-refractivity contribution in [3.63, 3.8) is 0 Å². The van der Waals surface area contributed by atoms with E-state index in [1.54, 1.807) is 0 Å². The zero-order valence-corrected chi connectivity index (χ0v) is 11.6. The van der Waals surface area contributed by atoms with E-state index in [0.29, 0.717) is 12.3 Å². The van der Waals surface area contributed by atoms with Crippen LogP contribution in [0.25, 0.3) is 0 Å². The minimum atomic E-state index is -0.453. The number of carbonyl (C=O) groups excluding carboxylic acids is 1. The molecule has 3 nitrogen and oxygen atoms in total. The lowest BCUT2D eigenvalue weighted by Gasteiger charge is -2.22. The maximum absolute atomic E-state index is 12.1. The molecule has 0 aliphatic heterocycles. The average molecular weight is 260 g/mol. The lowest BCUT2D eigenvalue weighted by atomic mass is 9.99. The van der Waals surface area contributed by atoms with E-state index in [1.807, 2.05) is 30.3 Å². The molecule has 0 spiro atoms. The van der Waals surface area contributed by atoms with Crippen molar-refractivity contribution in [3.05, 3.63) is 35.9 Å². The molecule has 1 fully saturated rings. The first-order valence-corrected chi connectivity index (χ1v) is 7.26. The van der Waals surface area contributed by atoms with Gasteiger partial charge in [0.25, 0.3) is 0 Å². The normalized spacial score (nSPS) is 19.1. The van der Waals surface area contributed by atoms with Crippen LogP contribution in [0.4, 0.5) is 0 Å². The number of hydrogen-bond donors (Lipinski definition) is 2. The molecule has 1 unspecified atom stereocenters. The molecule has 19 heavy (non-hydrogen) atoms. The third kappa shape index (κ3) is 4.06. The van der Waals surface area contributed by atoms with Crippen LogP contribution in [0.15, 0.2) is 30.3 Å². The summed E-state index contributed by atoms with van der Waals surface area (Å²) in [6, 6.07) is 9.73. The fourth-order valence-corrected chi connectivity index (χ4v) is 2.87. The first-order chi connectivity index (χ1) is 9.16. The number of amides is 1. The highest BCUT2D eigenvalue weighted by Gasteiger charge is 2.24. The molecule has 1 aromatic rings. The summed E-state index contributed by atoms with van der Waals surface area (Å²) in [5.74, 6) is 0.608. The highest BCUT2D eigenvalue weighted by atomic mass is 16.2. The van der Waals surface area contributed by atoms with Crippen LogP contribution in [0.5, 0.6) is 0 Å². The van der Waals surface area contributed by atoms with Gasteiger partial charge in [0.05, 0.1) is 6.04 Å². The minimum Gasteiger partial charge on any atom is -0.352 e. The zero-order valence-electron chi connectivity index (χ0n) is 11.6. The van der Waals surface area contributed by atoms with Crippen molar-refractivity contribution in [1.29, 1.82) is 0 Å². The van der Waals surface area contributed by atoms with E-state index in [-0.39, 0.29) is 11.9 Å². The summed E-state index contributed by atoms with van der Waals surface area (Å²) in [7, 11) is 0. The molecule has 1 amide bonds. The first-order valence-electron chi connectivity index (χ1n) is 7.26. The average Bonchev–Trinajstić information content (AvgIpc) is 2.93. The van der Waals surface area contributed by atoms with Crippen molar-refractivity contribution in [2.75, 3.05) is 0 Å². The lowest BCUT2D eigenvalue weighted by Crippen LogP contribution is -2.47. The van der Waals surface area contributed by atoms with Gasteiger partial charge in [-0.3, -0.25) is 4.79 Å². The lowest BCUT2D eigenvalue weighted by molar-refractivity contribution is -0.123. The molecule has 1 aromatic carbocycles. The van der Waals surface area contributed by atoms with Crippen LogP contribution in [0, 0.1) is 5.92 Å². The maximum Gasteiger partial charge on any atom is 0.237 e. The van der Waals surface area contributed by atoms with Gasteiger partial charge in [0.2, 0.25) is 5.91 Å². The molecule has 0 heterocycles. The number of nitrogens with two attached hydrogens (primary N) is 1. The Morgan fingerprint density at radius 2 is 1.95 bits per heavy atom. The number of nitrogens with one attached hydrogen (secondary N) is 1. The van der Waals surface area contributed by atoms with Gasteiger partial charge in [-0.25, -0.2) is 0 Å². The van der Waals surface area contributed by atoms with E-state index in [1.165, 1.54) is 25.7 Å². The van der Waals surface area contributed by atoms with Gasteiger partial charge in [0, 0.05) is 6.04 Å². The SMILES string of the molecule is CC(NC(=O)[C@@H](N)Cc1ccccc1)C1CCCC1. The quantitative estimate of drug-likeness (QED) is 0.853. The molecule has 0 saturated heterocycles. The molecule has 3 N–H and O–H groups in total. The predicted molar refractivity (Wildman–Crippen MR) is 77.7 cm³/mol. The van der Waals surface area contributed by atoms with Crippen molar-refractivity contribution < 1.29 is 4.79 Å². The van der Waals surface area contributed by atoms with Crippen LogP contribution in [-0.2, 0) is 11.2 Å². The number of rotatable bonds is 5. The van der Waals surface area contributed by atoms with Crippen molar-refractivity contribution in [2.45, 2.75) is 51.1 Å². The molecular formula is C16H24N2O. The smallest absolute Gasteiger partial charge is 0.237 e. The van der Waals surface area contributed by atoms with Crippen LogP contribution in [0.1, 0.15) is 38.2 Å². The maximum atomic E-state index is 12.1. The Labute approximate surface area is 115 Å². The number of benzene rings is 1. The Bertz CT molecular complexity index is 398. The monoisotopic (exact) mass is 260 g/mol. The highest BCUT2D eigenvalue weighted by Crippen LogP contribution is 2.27. The largest absolute Gasteiger partial charge is 0.352 e. The summed E-state index contributed by atoms with van der Waals surface area (Å²) >= 11 is 0. The Kier molecular flexibility index (Phi) is 4.97. The molecule has 2 atom stereocenters. The van der Waals surface area contributed by atoms with Crippen molar-refractivity contribution in [1.82, 2.24) is 5.32 Å². The van der Waals surface area contributed by atoms with Gasteiger partial charge in [-0.2, -0.15) is 0 Å². The fourth-order valence-electron chi connectivity index (χ4n) is 2.87. The summed E-state index contributed by atoms with van der Waals surface area (Å²) < 4.78 is 0. The molecule has 1 aliphatic carbocycles. The van der Waals surface area contributed by atoms with E-state index in [9.17, 15) is 4.79 Å². The van der Waals surface area contributed by atoms with Gasteiger partial charge >= 0.3 is 0 Å². The second-order valence-electron chi connectivity index (χ2n) is 5.64. The third-order valence-electron chi connectivity index (χ3n) is 4.11. The summed E-state index contributed by atoms with van der Waals surface area (Å²) in [6.45, 7) is 2.10. The molecule has 104 valence electrons. The summed E-state index contributed by atoms with van der Waals surface area (Å²) in [6.07, 6.45) is 5.65. The molecule has 1 aliphatic rings. The molecule has 0 aromatic heterocycles. The molecule has 3 heteroatoms. The van der Waals surface area contributed by atoms with Crippen LogP contribution in [0.2, 0.25) is 0 Å². The third-order valence-corrected chi connectivity index (χ3v) is 4.11. The zero-order chi connectivity index (χ0) is 13.7. The van der Waals surface area contributed by atoms with Gasteiger partial charge in [0.1, 0.15) is 0 Å². The summed E-state index contributed by atoms with van der Waals surface area (Å²) in [5, 5.41) is 3.08. The van der Waals surface area contributed by atoms with Gasteiger partial charge in [-0.05, 0) is 37.7 Å². The van der Waals surface area contributed by atoms with E-state index in [4.69, 9.17) is 5.73 Å². The van der Waals surface area contributed by atoms with E-state index in [2.05, 4.69) is 12.2 Å². The van der Waals surface area contributed by atoms with E-state index in [0.717, 1.165) is 5.56 Å². The van der Waals surface area contributed by atoms with Crippen LogP contribution in [-0.4, -0.2) is 18.0 Å². The molecular weight excluding hydrogens is 236 g/mol. The van der Waals surface area contributed by atoms with Crippen LogP contribution < -0.4 is 11.1 Å². The predicted octanol–water partition coefficient (Wildman–Crippen LogP) is 2.25. The number of carbonyl (C=O) groups is 1. The molecule has 0 radical (unpaired) electrons. The Morgan fingerprint density at radius 1 is 1.32 bits per heavy atom. The highest BCUT2D eigenvalue weighted by molar-refractivity contribution is 5.82. The second-order valence-corrected chi connectivity index (χ2v) is 5.64. The van der Waals surface area contributed by atoms with Crippen LogP contribution >= 0.6 is 0 Å². The standard InChI is InChI=1S/C16H24N2O/c1-12(14-9-5-6-10-14)18-16(19)15(17)11-13-7-3-2-4-8-13/h2-4,7-8,12,14-15H,5-6,9-11,17H2,1H3,(H,18,19)/t12?,15-/m0/s1. The van der Waals surface area contributed by atoms with E-state index < -0.39 is 6.04 Å². The van der Waals surface area contributed by atoms with Crippen LogP contribution in [0.3, 0.4) is 0 Å². The number of hydrogen-bond acceptors (Lipinski definition) is 2. The Hall–Kier alpha value is -1.35. The van der Waals surface area contributed by atoms with Gasteiger partial charge in [-0.1, -0.05) is 43.2 Å².